The Bertz CT molecular complexity index is 1310. The number of amides is 1. The number of piperazine rings is 1. The molecule has 180 valence electrons. The van der Waals surface area contributed by atoms with Gasteiger partial charge in [-0.05, 0) is 48.4 Å². The molecule has 1 saturated heterocycles. The first-order valence-electron chi connectivity index (χ1n) is 11.9. The topological polar surface area (TPSA) is 50.6 Å². The average molecular weight is 487 g/mol. The van der Waals surface area contributed by atoms with E-state index in [4.69, 9.17) is 4.74 Å². The van der Waals surface area contributed by atoms with Crippen LogP contribution in [-0.4, -0.2) is 53.6 Å². The number of hydrogen-bond acceptors (Lipinski definition) is 5. The van der Waals surface area contributed by atoms with Crippen LogP contribution in [0.2, 0.25) is 0 Å². The van der Waals surface area contributed by atoms with Gasteiger partial charge in [0.15, 0.2) is 0 Å². The zero-order valence-electron chi connectivity index (χ0n) is 20.2. The third-order valence-electron chi connectivity index (χ3n) is 6.59. The maximum absolute atomic E-state index is 13.1. The highest BCUT2D eigenvalue weighted by Gasteiger charge is 2.22. The van der Waals surface area contributed by atoms with Crippen molar-refractivity contribution in [3.8, 4) is 5.75 Å². The van der Waals surface area contributed by atoms with Gasteiger partial charge < -0.3 is 19.1 Å². The summed E-state index contributed by atoms with van der Waals surface area (Å²) in [5, 5.41) is 2.07. The number of carbonyl (C=O) groups excluding carboxylic acids is 1. The van der Waals surface area contributed by atoms with Crippen LogP contribution in [0.25, 0.3) is 10.9 Å². The molecule has 35 heavy (non-hydrogen) atoms. The van der Waals surface area contributed by atoms with Crippen molar-refractivity contribution in [2.75, 3.05) is 38.2 Å². The van der Waals surface area contributed by atoms with Crippen LogP contribution in [0.1, 0.15) is 11.1 Å². The predicted molar refractivity (Wildman–Crippen MR) is 142 cm³/mol. The monoisotopic (exact) mass is 486 g/mol. The minimum Gasteiger partial charge on any atom is -0.497 e. The number of anilines is 1. The number of fused-ring (bicyclic) bond motifs is 1. The van der Waals surface area contributed by atoms with Crippen LogP contribution in [0.3, 0.4) is 0 Å². The number of aryl methyl sites for hydroxylation is 1. The van der Waals surface area contributed by atoms with Gasteiger partial charge in [-0.15, -0.1) is 11.8 Å². The molecule has 5 rings (SSSR count). The third-order valence-corrected chi connectivity index (χ3v) is 7.67. The van der Waals surface area contributed by atoms with Gasteiger partial charge in [0, 0.05) is 55.4 Å². The Kier molecular flexibility index (Phi) is 6.95. The summed E-state index contributed by atoms with van der Waals surface area (Å²) >= 11 is 1.71. The Labute approximate surface area is 210 Å². The van der Waals surface area contributed by atoms with E-state index in [1.54, 1.807) is 18.9 Å². The van der Waals surface area contributed by atoms with E-state index in [2.05, 4.69) is 59.3 Å². The summed E-state index contributed by atoms with van der Waals surface area (Å²) in [6, 6.07) is 20.6. The van der Waals surface area contributed by atoms with E-state index in [0.717, 1.165) is 53.6 Å². The number of pyridine rings is 1. The first-order chi connectivity index (χ1) is 17.1. The molecule has 0 unspecified atom stereocenters. The fraction of sp³-hybridized carbons (Fsp3) is 0.286. The van der Waals surface area contributed by atoms with Crippen molar-refractivity contribution in [1.29, 1.82) is 0 Å². The number of rotatable bonds is 7. The molecule has 7 heteroatoms. The summed E-state index contributed by atoms with van der Waals surface area (Å²) in [6.45, 7) is 5.70. The molecule has 1 amide bonds. The maximum atomic E-state index is 13.1. The van der Waals surface area contributed by atoms with Crippen LogP contribution >= 0.6 is 11.8 Å². The van der Waals surface area contributed by atoms with Crippen LogP contribution < -0.4 is 9.64 Å². The molecule has 0 bridgehead atoms. The van der Waals surface area contributed by atoms with E-state index in [9.17, 15) is 4.79 Å². The van der Waals surface area contributed by atoms with Crippen LogP contribution in [0.4, 0.5) is 5.69 Å². The largest absolute Gasteiger partial charge is 0.497 e. The van der Waals surface area contributed by atoms with Gasteiger partial charge in [0.1, 0.15) is 17.3 Å². The number of nitrogens with zero attached hydrogens (tertiary/aromatic N) is 4. The van der Waals surface area contributed by atoms with Crippen molar-refractivity contribution >= 4 is 34.3 Å². The molecular weight excluding hydrogens is 456 g/mol. The quantitative estimate of drug-likeness (QED) is 0.344. The molecular formula is C28H30N4O2S. The smallest absolute Gasteiger partial charge is 0.242 e. The highest BCUT2D eigenvalue weighted by molar-refractivity contribution is 7.98. The Morgan fingerprint density at radius 3 is 2.51 bits per heavy atom. The Hall–Kier alpha value is -3.45. The molecule has 0 atom stereocenters. The fourth-order valence-electron chi connectivity index (χ4n) is 4.58. The zero-order valence-corrected chi connectivity index (χ0v) is 21.0. The Morgan fingerprint density at radius 1 is 1.00 bits per heavy atom. The van der Waals surface area contributed by atoms with Gasteiger partial charge in [-0.25, -0.2) is 4.98 Å². The molecule has 0 saturated carbocycles. The summed E-state index contributed by atoms with van der Waals surface area (Å²) in [5.74, 6) is 1.85. The van der Waals surface area contributed by atoms with E-state index in [1.807, 2.05) is 40.1 Å². The second-order valence-corrected chi connectivity index (χ2v) is 9.75. The standard InChI is InChI=1S/C28H30N4O2S/c1-21-5-3-4-6-25(21)30-15-17-31(18-16-30)27(33)19-32-14-12-24-26(32)11-13-29-28(24)35-20-22-7-9-23(34-2)10-8-22/h3-14H,15-20H2,1-2H3. The number of thioether (sulfide) groups is 1. The molecule has 2 aromatic heterocycles. The van der Waals surface area contributed by atoms with Gasteiger partial charge in [0.2, 0.25) is 5.91 Å². The van der Waals surface area contributed by atoms with Crippen molar-refractivity contribution in [2.45, 2.75) is 24.2 Å². The van der Waals surface area contributed by atoms with E-state index in [-0.39, 0.29) is 5.91 Å². The van der Waals surface area contributed by atoms with Crippen molar-refractivity contribution in [3.63, 3.8) is 0 Å². The number of para-hydroxylation sites is 1. The number of ether oxygens (including phenoxy) is 1. The van der Waals surface area contributed by atoms with Crippen LogP contribution in [0, 0.1) is 6.92 Å². The Balaban J connectivity index is 1.22. The summed E-state index contributed by atoms with van der Waals surface area (Å²) in [7, 11) is 1.68. The lowest BCUT2D eigenvalue weighted by Gasteiger charge is -2.37. The summed E-state index contributed by atoms with van der Waals surface area (Å²) in [4.78, 5) is 22.1. The molecule has 0 aliphatic carbocycles. The zero-order chi connectivity index (χ0) is 24.2. The normalized spacial score (nSPS) is 13.9. The average Bonchev–Trinajstić information content (AvgIpc) is 3.31. The van der Waals surface area contributed by atoms with Gasteiger partial charge in [0.25, 0.3) is 0 Å². The van der Waals surface area contributed by atoms with Crippen molar-refractivity contribution < 1.29 is 9.53 Å². The maximum Gasteiger partial charge on any atom is 0.242 e. The molecule has 1 fully saturated rings. The van der Waals surface area contributed by atoms with E-state index in [1.165, 1.54) is 16.8 Å². The molecule has 0 spiro atoms. The molecule has 3 heterocycles. The van der Waals surface area contributed by atoms with Crippen molar-refractivity contribution in [3.05, 3.63) is 84.2 Å². The molecule has 1 aliphatic rings. The molecule has 4 aromatic rings. The first kappa shape index (κ1) is 23.3. The van der Waals surface area contributed by atoms with Crippen LogP contribution in [0.5, 0.6) is 5.75 Å². The van der Waals surface area contributed by atoms with Gasteiger partial charge in [0.05, 0.1) is 12.6 Å². The molecule has 0 N–H and O–H groups in total. The third kappa shape index (κ3) is 5.15. The van der Waals surface area contributed by atoms with E-state index in [0.29, 0.717) is 6.54 Å². The minimum absolute atomic E-state index is 0.163. The van der Waals surface area contributed by atoms with Crippen LogP contribution in [-0.2, 0) is 17.1 Å². The highest BCUT2D eigenvalue weighted by Crippen LogP contribution is 2.30. The lowest BCUT2D eigenvalue weighted by atomic mass is 10.1. The second kappa shape index (κ2) is 10.4. The lowest BCUT2D eigenvalue weighted by molar-refractivity contribution is -0.132. The Morgan fingerprint density at radius 2 is 1.77 bits per heavy atom. The second-order valence-electron chi connectivity index (χ2n) is 8.78. The summed E-state index contributed by atoms with van der Waals surface area (Å²) in [6.07, 6.45) is 3.84. The minimum atomic E-state index is 0.163. The molecule has 1 aliphatic heterocycles. The van der Waals surface area contributed by atoms with Gasteiger partial charge in [-0.1, -0.05) is 30.3 Å². The number of methoxy groups -OCH3 is 1. The SMILES string of the molecule is COc1ccc(CSc2nccc3c2ccn3CC(=O)N2CCN(c3ccccc3C)CC2)cc1. The molecule has 2 aromatic carbocycles. The first-order valence-corrected chi connectivity index (χ1v) is 12.9. The molecule has 6 nitrogen and oxygen atoms in total. The summed E-state index contributed by atoms with van der Waals surface area (Å²) < 4.78 is 7.29. The highest BCUT2D eigenvalue weighted by atomic mass is 32.2. The molecule has 0 radical (unpaired) electrons. The number of carbonyl (C=O) groups is 1. The van der Waals surface area contributed by atoms with Gasteiger partial charge >= 0.3 is 0 Å². The van der Waals surface area contributed by atoms with E-state index >= 15 is 0 Å². The van der Waals surface area contributed by atoms with Gasteiger partial charge in [-0.2, -0.15) is 0 Å². The van der Waals surface area contributed by atoms with Crippen molar-refractivity contribution in [1.82, 2.24) is 14.5 Å². The fourth-order valence-corrected chi connectivity index (χ4v) is 5.54. The van der Waals surface area contributed by atoms with Crippen molar-refractivity contribution in [2.24, 2.45) is 0 Å². The van der Waals surface area contributed by atoms with E-state index < -0.39 is 0 Å². The summed E-state index contributed by atoms with van der Waals surface area (Å²) in [5.41, 5.74) is 4.81. The van der Waals surface area contributed by atoms with Gasteiger partial charge in [-0.3, -0.25) is 4.79 Å². The number of benzene rings is 2. The van der Waals surface area contributed by atoms with Crippen LogP contribution in [0.15, 0.2) is 78.1 Å². The predicted octanol–water partition coefficient (Wildman–Crippen LogP) is 4.99. The number of hydrogen-bond donors (Lipinski definition) is 0. The number of aromatic nitrogens is 2. The lowest BCUT2D eigenvalue weighted by Crippen LogP contribution is -2.49.